The van der Waals surface area contributed by atoms with Crippen LogP contribution in [-0.2, 0) is 16.1 Å². The molecule has 2 aromatic rings. The molecule has 0 bridgehead atoms. The number of thiocarbonyl (C=S) groups is 1. The summed E-state index contributed by atoms with van der Waals surface area (Å²) in [5, 5.41) is 7.38. The summed E-state index contributed by atoms with van der Waals surface area (Å²) in [7, 11) is 1.62. The number of esters is 1. The summed E-state index contributed by atoms with van der Waals surface area (Å²) in [5.41, 5.74) is 4.84. The van der Waals surface area contributed by atoms with E-state index in [9.17, 15) is 4.79 Å². The normalized spacial score (nSPS) is 15.6. The van der Waals surface area contributed by atoms with Gasteiger partial charge in [0, 0.05) is 16.3 Å². The zero-order valence-electron chi connectivity index (χ0n) is 20.4. The maximum atomic E-state index is 12.7. The van der Waals surface area contributed by atoms with Crippen LogP contribution in [0.4, 0.5) is 0 Å². The van der Waals surface area contributed by atoms with Crippen LogP contribution in [0.5, 0.6) is 11.5 Å². The van der Waals surface area contributed by atoms with Crippen molar-refractivity contribution in [3.63, 3.8) is 0 Å². The fraction of sp³-hybridized carbons (Fsp3) is 0.385. The Balaban J connectivity index is 1.97. The number of hydrogen-bond donors (Lipinski definition) is 2. The van der Waals surface area contributed by atoms with Gasteiger partial charge in [-0.1, -0.05) is 31.5 Å². The Morgan fingerprint density at radius 1 is 1.18 bits per heavy atom. The molecule has 34 heavy (non-hydrogen) atoms. The van der Waals surface area contributed by atoms with Crippen LogP contribution in [0.25, 0.3) is 0 Å². The standard InChI is InChI=1S/C26H31ClN2O4S/c1-7-32-25(30)23-16(5)28-26(34)29-24(23)17-8-9-21(31-6)18(11-17)13-33-22-10-15(4)20(27)12-19(22)14(2)3/h8-12,14,24H,7,13H2,1-6H3,(H2,28,29,34)/t24-/m0/s1. The summed E-state index contributed by atoms with van der Waals surface area (Å²) < 4.78 is 17.1. The third kappa shape index (κ3) is 5.65. The lowest BCUT2D eigenvalue weighted by Gasteiger charge is -2.30. The van der Waals surface area contributed by atoms with Crippen molar-refractivity contribution < 1.29 is 19.0 Å². The molecule has 2 N–H and O–H groups in total. The van der Waals surface area contributed by atoms with E-state index < -0.39 is 6.04 Å². The Morgan fingerprint density at radius 2 is 1.91 bits per heavy atom. The highest BCUT2D eigenvalue weighted by molar-refractivity contribution is 7.80. The second-order valence-electron chi connectivity index (χ2n) is 8.44. The number of aryl methyl sites for hydroxylation is 1. The zero-order chi connectivity index (χ0) is 25.0. The van der Waals surface area contributed by atoms with Gasteiger partial charge in [-0.25, -0.2) is 4.79 Å². The zero-order valence-corrected chi connectivity index (χ0v) is 21.9. The van der Waals surface area contributed by atoms with Crippen molar-refractivity contribution in [2.75, 3.05) is 13.7 Å². The molecule has 0 saturated heterocycles. The van der Waals surface area contributed by atoms with E-state index in [2.05, 4.69) is 24.5 Å². The molecule has 3 rings (SSSR count). The molecule has 0 radical (unpaired) electrons. The van der Waals surface area contributed by atoms with Gasteiger partial charge in [0.15, 0.2) is 5.11 Å². The van der Waals surface area contributed by atoms with E-state index >= 15 is 0 Å². The smallest absolute Gasteiger partial charge is 0.338 e. The van der Waals surface area contributed by atoms with Gasteiger partial charge in [-0.3, -0.25) is 0 Å². The molecule has 0 fully saturated rings. The highest BCUT2D eigenvalue weighted by Gasteiger charge is 2.31. The van der Waals surface area contributed by atoms with Crippen LogP contribution in [-0.4, -0.2) is 24.8 Å². The fourth-order valence-corrected chi connectivity index (χ4v) is 4.36. The number of rotatable bonds is 8. The lowest BCUT2D eigenvalue weighted by molar-refractivity contribution is -0.139. The highest BCUT2D eigenvalue weighted by Crippen LogP contribution is 2.35. The average molecular weight is 503 g/mol. The predicted molar refractivity (Wildman–Crippen MR) is 139 cm³/mol. The molecule has 0 aliphatic carbocycles. The van der Waals surface area contributed by atoms with Gasteiger partial charge >= 0.3 is 5.97 Å². The lowest BCUT2D eigenvalue weighted by Crippen LogP contribution is -2.45. The molecule has 0 spiro atoms. The molecule has 182 valence electrons. The van der Waals surface area contributed by atoms with Gasteiger partial charge in [0.2, 0.25) is 0 Å². The van der Waals surface area contributed by atoms with Gasteiger partial charge < -0.3 is 24.8 Å². The van der Waals surface area contributed by atoms with Crippen LogP contribution < -0.4 is 20.1 Å². The van der Waals surface area contributed by atoms with Crippen LogP contribution >= 0.6 is 23.8 Å². The first-order valence-electron chi connectivity index (χ1n) is 11.2. The summed E-state index contributed by atoms with van der Waals surface area (Å²) in [5.74, 6) is 1.34. The van der Waals surface area contributed by atoms with Gasteiger partial charge in [0.25, 0.3) is 0 Å². The number of carbonyl (C=O) groups is 1. The first kappa shape index (κ1) is 25.8. The highest BCUT2D eigenvalue weighted by atomic mass is 35.5. The molecule has 0 saturated carbocycles. The minimum Gasteiger partial charge on any atom is -0.496 e. The molecular formula is C26H31ClN2O4S. The topological polar surface area (TPSA) is 68.8 Å². The molecule has 8 heteroatoms. The molecule has 0 aromatic heterocycles. The second kappa shape index (κ2) is 11.1. The molecule has 1 aliphatic rings. The average Bonchev–Trinajstić information content (AvgIpc) is 2.78. The van der Waals surface area contributed by atoms with Crippen molar-refractivity contribution in [1.82, 2.24) is 10.6 Å². The molecule has 0 unspecified atom stereocenters. The van der Waals surface area contributed by atoms with E-state index in [4.69, 9.17) is 38.0 Å². The van der Waals surface area contributed by atoms with Gasteiger partial charge in [0.1, 0.15) is 18.1 Å². The van der Waals surface area contributed by atoms with Gasteiger partial charge in [0.05, 0.1) is 25.3 Å². The molecule has 1 heterocycles. The van der Waals surface area contributed by atoms with E-state index in [-0.39, 0.29) is 25.1 Å². The van der Waals surface area contributed by atoms with Crippen LogP contribution in [0.3, 0.4) is 0 Å². The Hall–Kier alpha value is -2.77. The van der Waals surface area contributed by atoms with Gasteiger partial charge in [-0.2, -0.15) is 0 Å². The lowest BCUT2D eigenvalue weighted by atomic mass is 9.94. The van der Waals surface area contributed by atoms with Crippen LogP contribution in [0, 0.1) is 6.92 Å². The number of halogens is 1. The van der Waals surface area contributed by atoms with Crippen molar-refractivity contribution in [2.45, 2.75) is 53.2 Å². The monoisotopic (exact) mass is 502 g/mol. The maximum Gasteiger partial charge on any atom is 0.338 e. The van der Waals surface area contributed by atoms with Crippen LogP contribution in [0.15, 0.2) is 41.6 Å². The SMILES string of the molecule is CCOC(=O)C1=C(C)NC(=S)N[C@H]1c1ccc(OC)c(COc2cc(C)c(Cl)cc2C(C)C)c1. The van der Waals surface area contributed by atoms with E-state index in [1.165, 1.54) is 0 Å². The van der Waals surface area contributed by atoms with E-state index in [1.54, 1.807) is 14.0 Å². The first-order chi connectivity index (χ1) is 16.2. The molecule has 6 nitrogen and oxygen atoms in total. The van der Waals surface area contributed by atoms with E-state index in [0.717, 1.165) is 33.0 Å². The number of benzene rings is 2. The van der Waals surface area contributed by atoms with Crippen molar-refractivity contribution in [3.8, 4) is 11.5 Å². The van der Waals surface area contributed by atoms with Gasteiger partial charge in [-0.15, -0.1) is 0 Å². The summed E-state index contributed by atoms with van der Waals surface area (Å²) in [6.07, 6.45) is 0. The molecule has 1 atom stereocenters. The number of hydrogen-bond acceptors (Lipinski definition) is 5. The Morgan fingerprint density at radius 3 is 2.56 bits per heavy atom. The minimum absolute atomic E-state index is 0.251. The Kier molecular flexibility index (Phi) is 8.44. The summed E-state index contributed by atoms with van der Waals surface area (Å²) in [6.45, 7) is 10.3. The maximum absolute atomic E-state index is 12.7. The summed E-state index contributed by atoms with van der Waals surface area (Å²) >= 11 is 11.7. The number of allylic oxidation sites excluding steroid dienone is 1. The second-order valence-corrected chi connectivity index (χ2v) is 9.26. The quantitative estimate of drug-likeness (QED) is 0.353. The number of nitrogens with one attached hydrogen (secondary N) is 2. The van der Waals surface area contributed by atoms with Crippen LogP contribution in [0.2, 0.25) is 5.02 Å². The van der Waals surface area contributed by atoms with Crippen molar-refractivity contribution in [1.29, 1.82) is 0 Å². The molecular weight excluding hydrogens is 472 g/mol. The predicted octanol–water partition coefficient (Wildman–Crippen LogP) is 5.72. The summed E-state index contributed by atoms with van der Waals surface area (Å²) in [4.78, 5) is 12.7. The largest absolute Gasteiger partial charge is 0.496 e. The number of carbonyl (C=O) groups excluding carboxylic acids is 1. The first-order valence-corrected chi connectivity index (χ1v) is 12.0. The minimum atomic E-state index is -0.457. The van der Waals surface area contributed by atoms with Crippen molar-refractivity contribution >= 4 is 34.9 Å². The molecule has 1 aliphatic heterocycles. The van der Waals surface area contributed by atoms with Gasteiger partial charge in [-0.05, 0) is 79.9 Å². The van der Waals surface area contributed by atoms with E-state index in [1.807, 2.05) is 44.2 Å². The number of methoxy groups -OCH3 is 1. The van der Waals surface area contributed by atoms with Crippen molar-refractivity contribution in [3.05, 3.63) is 68.9 Å². The third-order valence-electron chi connectivity index (χ3n) is 5.70. The fourth-order valence-electron chi connectivity index (χ4n) is 3.92. The van der Waals surface area contributed by atoms with Crippen LogP contribution in [0.1, 0.15) is 61.9 Å². The Bertz CT molecular complexity index is 1130. The molecule has 0 amide bonds. The van der Waals surface area contributed by atoms with Crippen molar-refractivity contribution in [2.24, 2.45) is 0 Å². The van der Waals surface area contributed by atoms with E-state index in [0.29, 0.717) is 22.1 Å². The third-order valence-corrected chi connectivity index (χ3v) is 6.33. The summed E-state index contributed by atoms with van der Waals surface area (Å²) in [6, 6.07) is 9.22. The Labute approximate surface area is 211 Å². The number of ether oxygens (including phenoxy) is 3. The molecule has 2 aromatic carbocycles.